The molecule has 0 unspecified atom stereocenters. The van der Waals surface area contributed by atoms with Gasteiger partial charge in [-0.1, -0.05) is 6.42 Å². The highest BCUT2D eigenvalue weighted by Gasteiger charge is 2.31. The summed E-state index contributed by atoms with van der Waals surface area (Å²) in [6.45, 7) is 1.31. The molecule has 1 saturated carbocycles. The van der Waals surface area contributed by atoms with E-state index in [1.54, 1.807) is 11.3 Å². The van der Waals surface area contributed by atoms with Crippen LogP contribution < -0.4 is 11.1 Å². The van der Waals surface area contributed by atoms with E-state index in [1.165, 1.54) is 0 Å². The van der Waals surface area contributed by atoms with E-state index in [1.807, 2.05) is 10.9 Å². The normalized spacial score (nSPS) is 21.3. The molecular weight excluding hydrogens is 305 g/mol. The van der Waals surface area contributed by atoms with Crippen LogP contribution in [-0.4, -0.2) is 24.0 Å². The molecule has 4 nitrogen and oxygen atoms in total. The first-order valence-corrected chi connectivity index (χ1v) is 7.10. The molecule has 0 radical (unpaired) electrons. The van der Waals surface area contributed by atoms with Gasteiger partial charge in [0, 0.05) is 24.3 Å². The van der Waals surface area contributed by atoms with Gasteiger partial charge in [-0.3, -0.25) is 4.79 Å². The third-order valence-electron chi connectivity index (χ3n) is 3.46. The number of nitrogens with zero attached hydrogens (tertiary/aromatic N) is 1. The molecule has 19 heavy (non-hydrogen) atoms. The highest BCUT2D eigenvalue weighted by molar-refractivity contribution is 7.07. The number of aromatic nitrogens is 1. The summed E-state index contributed by atoms with van der Waals surface area (Å²) in [5.41, 5.74) is 8.55. The summed E-state index contributed by atoms with van der Waals surface area (Å²) in [5, 5.41) is 5.02. The van der Waals surface area contributed by atoms with E-state index in [0.717, 1.165) is 31.4 Å². The predicted molar refractivity (Wildman–Crippen MR) is 83.2 cm³/mol. The number of rotatable bonds is 5. The third kappa shape index (κ3) is 5.26. The van der Waals surface area contributed by atoms with Crippen LogP contribution in [0.15, 0.2) is 10.9 Å². The molecule has 1 heterocycles. The Morgan fingerprint density at radius 3 is 2.89 bits per heavy atom. The molecule has 1 amide bonds. The van der Waals surface area contributed by atoms with Crippen molar-refractivity contribution in [3.63, 3.8) is 0 Å². The van der Waals surface area contributed by atoms with Gasteiger partial charge < -0.3 is 11.1 Å². The maximum atomic E-state index is 12.0. The van der Waals surface area contributed by atoms with Crippen molar-refractivity contribution in [3.05, 3.63) is 16.6 Å². The van der Waals surface area contributed by atoms with Gasteiger partial charge in [-0.05, 0) is 25.3 Å². The Kier molecular flexibility index (Phi) is 9.35. The zero-order valence-electron chi connectivity index (χ0n) is 10.7. The number of thiazole rings is 1. The Morgan fingerprint density at radius 1 is 1.47 bits per heavy atom. The molecule has 2 atom stereocenters. The Hall–Kier alpha value is -0.360. The SMILES string of the molecule is Cl.Cl.NC[C@H]1CCC[C@H]1C(=O)NCCc1cscn1. The molecule has 1 aliphatic carbocycles. The van der Waals surface area contributed by atoms with Crippen molar-refractivity contribution in [1.29, 1.82) is 0 Å². The van der Waals surface area contributed by atoms with Crippen molar-refractivity contribution >= 4 is 42.1 Å². The van der Waals surface area contributed by atoms with Crippen LogP contribution in [-0.2, 0) is 11.2 Å². The molecule has 0 aromatic carbocycles. The molecule has 1 fully saturated rings. The average Bonchev–Trinajstić information content (AvgIpc) is 2.99. The first-order chi connectivity index (χ1) is 8.31. The predicted octanol–water partition coefficient (Wildman–Crippen LogP) is 2.02. The summed E-state index contributed by atoms with van der Waals surface area (Å²) in [5.74, 6) is 0.692. The Labute approximate surface area is 130 Å². The van der Waals surface area contributed by atoms with Gasteiger partial charge >= 0.3 is 0 Å². The summed E-state index contributed by atoms with van der Waals surface area (Å²) in [6, 6.07) is 0. The molecule has 1 aromatic rings. The van der Waals surface area contributed by atoms with Crippen molar-refractivity contribution in [2.75, 3.05) is 13.1 Å². The molecular formula is C12H21Cl2N3OS. The molecule has 0 saturated heterocycles. The number of hydrogen-bond acceptors (Lipinski definition) is 4. The smallest absolute Gasteiger partial charge is 0.223 e. The van der Waals surface area contributed by atoms with E-state index in [0.29, 0.717) is 19.0 Å². The van der Waals surface area contributed by atoms with Crippen LogP contribution in [0, 0.1) is 11.8 Å². The van der Waals surface area contributed by atoms with Crippen molar-refractivity contribution in [1.82, 2.24) is 10.3 Å². The number of amides is 1. The molecule has 0 aliphatic heterocycles. The molecule has 0 bridgehead atoms. The Bertz CT molecular complexity index is 362. The van der Waals surface area contributed by atoms with E-state index in [-0.39, 0.29) is 36.6 Å². The lowest BCUT2D eigenvalue weighted by atomic mass is 9.95. The van der Waals surface area contributed by atoms with E-state index < -0.39 is 0 Å². The van der Waals surface area contributed by atoms with Crippen molar-refractivity contribution in [2.45, 2.75) is 25.7 Å². The number of halogens is 2. The lowest BCUT2D eigenvalue weighted by molar-refractivity contribution is -0.125. The van der Waals surface area contributed by atoms with Crippen LogP contribution in [0.4, 0.5) is 0 Å². The highest BCUT2D eigenvalue weighted by Crippen LogP contribution is 2.30. The van der Waals surface area contributed by atoms with Crippen LogP contribution in [0.3, 0.4) is 0 Å². The first kappa shape index (κ1) is 18.6. The fraction of sp³-hybridized carbons (Fsp3) is 0.667. The first-order valence-electron chi connectivity index (χ1n) is 6.16. The molecule has 1 aromatic heterocycles. The van der Waals surface area contributed by atoms with Crippen LogP contribution >= 0.6 is 36.2 Å². The monoisotopic (exact) mass is 325 g/mol. The number of nitrogens with two attached hydrogens (primary N) is 1. The van der Waals surface area contributed by atoms with Gasteiger partial charge in [0.2, 0.25) is 5.91 Å². The Morgan fingerprint density at radius 2 is 2.26 bits per heavy atom. The minimum Gasteiger partial charge on any atom is -0.355 e. The zero-order chi connectivity index (χ0) is 12.1. The zero-order valence-corrected chi connectivity index (χ0v) is 13.2. The minimum atomic E-state index is 0. The Balaban J connectivity index is 0.00000162. The second-order valence-corrected chi connectivity index (χ2v) is 5.27. The standard InChI is InChI=1S/C12H19N3OS.2ClH/c13-6-9-2-1-3-11(9)12(16)14-5-4-10-7-17-8-15-10;;/h7-9,11H,1-6,13H2,(H,14,16);2*1H/t9-,11-;;/m1../s1. The topological polar surface area (TPSA) is 68.0 Å². The minimum absolute atomic E-state index is 0. The van der Waals surface area contributed by atoms with Gasteiger partial charge in [0.1, 0.15) is 0 Å². The largest absolute Gasteiger partial charge is 0.355 e. The lowest BCUT2D eigenvalue weighted by Crippen LogP contribution is -2.36. The van der Waals surface area contributed by atoms with E-state index in [9.17, 15) is 4.79 Å². The summed E-state index contributed by atoms with van der Waals surface area (Å²) < 4.78 is 0. The maximum absolute atomic E-state index is 12.0. The quantitative estimate of drug-likeness (QED) is 0.870. The fourth-order valence-corrected chi connectivity index (χ4v) is 3.06. The van der Waals surface area contributed by atoms with Gasteiger partial charge in [0.25, 0.3) is 0 Å². The molecule has 110 valence electrons. The summed E-state index contributed by atoms with van der Waals surface area (Å²) in [7, 11) is 0. The third-order valence-corrected chi connectivity index (χ3v) is 4.10. The van der Waals surface area contributed by atoms with Crippen molar-refractivity contribution in [3.8, 4) is 0 Å². The lowest BCUT2D eigenvalue weighted by Gasteiger charge is -2.17. The summed E-state index contributed by atoms with van der Waals surface area (Å²) in [6.07, 6.45) is 4.03. The molecule has 7 heteroatoms. The van der Waals surface area contributed by atoms with Crippen molar-refractivity contribution in [2.24, 2.45) is 17.6 Å². The highest BCUT2D eigenvalue weighted by atomic mass is 35.5. The fourth-order valence-electron chi connectivity index (χ4n) is 2.47. The number of carbonyl (C=O) groups excluding carboxylic acids is 1. The van der Waals surface area contributed by atoms with Gasteiger partial charge in [0.15, 0.2) is 0 Å². The second-order valence-electron chi connectivity index (χ2n) is 4.55. The number of nitrogens with one attached hydrogen (secondary N) is 1. The van der Waals surface area contributed by atoms with Crippen molar-refractivity contribution < 1.29 is 4.79 Å². The van der Waals surface area contributed by atoms with Gasteiger partial charge in [0.05, 0.1) is 11.2 Å². The number of hydrogen-bond donors (Lipinski definition) is 2. The van der Waals surface area contributed by atoms with E-state index in [2.05, 4.69) is 10.3 Å². The van der Waals surface area contributed by atoms with Gasteiger partial charge in [-0.2, -0.15) is 0 Å². The van der Waals surface area contributed by atoms with Gasteiger partial charge in [-0.25, -0.2) is 4.98 Å². The number of carbonyl (C=O) groups is 1. The van der Waals surface area contributed by atoms with Crippen LogP contribution in [0.2, 0.25) is 0 Å². The average molecular weight is 326 g/mol. The maximum Gasteiger partial charge on any atom is 0.223 e. The molecule has 1 aliphatic rings. The summed E-state index contributed by atoms with van der Waals surface area (Å²) in [4.78, 5) is 16.1. The summed E-state index contributed by atoms with van der Waals surface area (Å²) >= 11 is 1.59. The van der Waals surface area contributed by atoms with E-state index in [4.69, 9.17) is 5.73 Å². The van der Waals surface area contributed by atoms with Crippen LogP contribution in [0.1, 0.15) is 25.0 Å². The molecule has 0 spiro atoms. The second kappa shape index (κ2) is 9.53. The molecule has 2 rings (SSSR count). The van der Waals surface area contributed by atoms with Crippen LogP contribution in [0.25, 0.3) is 0 Å². The molecule has 3 N–H and O–H groups in total. The van der Waals surface area contributed by atoms with E-state index >= 15 is 0 Å². The van der Waals surface area contributed by atoms with Gasteiger partial charge in [-0.15, -0.1) is 36.2 Å². The van der Waals surface area contributed by atoms with Crippen LogP contribution in [0.5, 0.6) is 0 Å².